The molecule has 1 N–H and O–H groups in total. The van der Waals surface area contributed by atoms with Gasteiger partial charge in [0.05, 0.1) is 0 Å². The Kier molecular flexibility index (Phi) is 5.92. The highest BCUT2D eigenvalue weighted by Gasteiger charge is 2.16. The average Bonchev–Trinajstić information content (AvgIpc) is 2.60. The van der Waals surface area contributed by atoms with Crippen LogP contribution in [0.3, 0.4) is 0 Å². The second-order valence-corrected chi connectivity index (χ2v) is 7.31. The highest BCUT2D eigenvalue weighted by Crippen LogP contribution is 2.30. The molecule has 0 aliphatic carbocycles. The molecule has 0 fully saturated rings. The molecule has 3 nitrogen and oxygen atoms in total. The number of aliphatic carboxylic acids is 1. The van der Waals surface area contributed by atoms with Crippen LogP contribution in [0.4, 0.5) is 5.69 Å². The van der Waals surface area contributed by atoms with Crippen molar-refractivity contribution in [2.75, 3.05) is 11.4 Å². The zero-order valence-corrected chi connectivity index (χ0v) is 15.7. The van der Waals surface area contributed by atoms with Crippen LogP contribution in [0.5, 0.6) is 0 Å². The van der Waals surface area contributed by atoms with E-state index in [0.717, 1.165) is 48.1 Å². The van der Waals surface area contributed by atoms with Crippen LogP contribution < -0.4 is 4.90 Å². The molecule has 0 radical (unpaired) electrons. The molecule has 0 bridgehead atoms. The second kappa shape index (κ2) is 8.34. The van der Waals surface area contributed by atoms with Crippen molar-refractivity contribution in [3.63, 3.8) is 0 Å². The monoisotopic (exact) mass is 399 g/mol. The van der Waals surface area contributed by atoms with Gasteiger partial charge in [-0.05, 0) is 54.7 Å². The summed E-state index contributed by atoms with van der Waals surface area (Å²) in [5.74, 6) is -0.818. The maximum Gasteiger partial charge on any atom is 0.331 e. The highest BCUT2D eigenvalue weighted by molar-refractivity contribution is 9.10. The molecule has 1 aliphatic rings. The van der Waals surface area contributed by atoms with Crippen molar-refractivity contribution in [3.8, 4) is 0 Å². The van der Waals surface area contributed by atoms with Gasteiger partial charge >= 0.3 is 5.97 Å². The van der Waals surface area contributed by atoms with E-state index in [2.05, 4.69) is 51.2 Å². The van der Waals surface area contributed by atoms with Crippen LogP contribution in [0.25, 0.3) is 6.08 Å². The molecule has 1 aliphatic heterocycles. The molecular weight excluding hydrogens is 378 g/mol. The van der Waals surface area contributed by atoms with E-state index in [1.54, 1.807) is 0 Å². The number of carbonyl (C=O) groups is 1. The number of halogens is 1. The van der Waals surface area contributed by atoms with Crippen molar-refractivity contribution < 1.29 is 9.90 Å². The summed E-state index contributed by atoms with van der Waals surface area (Å²) in [6.07, 6.45) is 5.49. The third kappa shape index (κ3) is 4.73. The van der Waals surface area contributed by atoms with Gasteiger partial charge in [0, 0.05) is 28.8 Å². The number of hydrogen-bond acceptors (Lipinski definition) is 2. The van der Waals surface area contributed by atoms with Crippen LogP contribution in [0.1, 0.15) is 36.8 Å². The Hall–Kier alpha value is -2.07. The number of fused-ring (bicyclic) bond motifs is 1. The predicted octanol–water partition coefficient (Wildman–Crippen LogP) is 5.50. The first-order valence-corrected chi connectivity index (χ1v) is 9.45. The fraction of sp³-hybridized carbons (Fsp3) is 0.286. The van der Waals surface area contributed by atoms with Crippen molar-refractivity contribution in [1.29, 1.82) is 0 Å². The van der Waals surface area contributed by atoms with E-state index in [-0.39, 0.29) is 0 Å². The summed E-state index contributed by atoms with van der Waals surface area (Å²) in [7, 11) is 0. The quantitative estimate of drug-likeness (QED) is 0.740. The van der Waals surface area contributed by atoms with Crippen molar-refractivity contribution >= 4 is 33.7 Å². The van der Waals surface area contributed by atoms with Gasteiger partial charge in [-0.2, -0.15) is 0 Å². The molecule has 0 spiro atoms. The Morgan fingerprint density at radius 2 is 1.88 bits per heavy atom. The largest absolute Gasteiger partial charge is 0.478 e. The Morgan fingerprint density at radius 1 is 1.08 bits per heavy atom. The minimum absolute atomic E-state index is 0.487. The Morgan fingerprint density at radius 3 is 2.64 bits per heavy atom. The summed E-state index contributed by atoms with van der Waals surface area (Å²) in [5, 5.41) is 9.52. The average molecular weight is 400 g/mol. The fourth-order valence-corrected chi connectivity index (χ4v) is 3.62. The van der Waals surface area contributed by atoms with Gasteiger partial charge in [-0.25, -0.2) is 4.79 Å². The van der Waals surface area contributed by atoms with Crippen LogP contribution in [0, 0.1) is 0 Å². The third-order valence-electron chi connectivity index (χ3n) is 4.53. The molecule has 0 amide bonds. The Labute approximate surface area is 157 Å². The maximum absolute atomic E-state index is 11.6. The number of nitrogens with zero attached hydrogens (tertiary/aromatic N) is 1. The van der Waals surface area contributed by atoms with E-state index >= 15 is 0 Å². The Balaban J connectivity index is 2.02. The smallest absolute Gasteiger partial charge is 0.331 e. The summed E-state index contributed by atoms with van der Waals surface area (Å²) in [6, 6.07) is 16.5. The van der Waals surface area contributed by atoms with Crippen LogP contribution in [0.2, 0.25) is 0 Å². The molecule has 0 saturated heterocycles. The molecule has 1 heterocycles. The van der Waals surface area contributed by atoms with Gasteiger partial charge in [0.2, 0.25) is 0 Å². The van der Waals surface area contributed by atoms with Gasteiger partial charge in [-0.15, -0.1) is 0 Å². The normalized spacial score (nSPS) is 15.2. The first-order chi connectivity index (χ1) is 12.1. The topological polar surface area (TPSA) is 40.5 Å². The summed E-state index contributed by atoms with van der Waals surface area (Å²) in [6.45, 7) is 1.80. The van der Waals surface area contributed by atoms with Gasteiger partial charge in [0.25, 0.3) is 0 Å². The Bertz CT molecular complexity index is 771. The molecule has 25 heavy (non-hydrogen) atoms. The van der Waals surface area contributed by atoms with E-state index in [4.69, 9.17) is 0 Å². The van der Waals surface area contributed by atoms with Crippen molar-refractivity contribution in [3.05, 3.63) is 69.7 Å². The second-order valence-electron chi connectivity index (χ2n) is 6.40. The van der Waals surface area contributed by atoms with E-state index in [1.165, 1.54) is 5.56 Å². The summed E-state index contributed by atoms with van der Waals surface area (Å²) >= 11 is 3.52. The number of carboxylic acid groups (broad SMARTS) is 1. The number of anilines is 1. The maximum atomic E-state index is 11.6. The summed E-state index contributed by atoms with van der Waals surface area (Å²) in [5.41, 5.74) is 3.80. The molecule has 0 aromatic heterocycles. The molecule has 4 heteroatoms. The van der Waals surface area contributed by atoms with Crippen molar-refractivity contribution in [1.82, 2.24) is 0 Å². The van der Waals surface area contributed by atoms with Crippen LogP contribution in [-0.2, 0) is 11.3 Å². The lowest BCUT2D eigenvalue weighted by molar-refractivity contribution is -0.132. The van der Waals surface area contributed by atoms with Gasteiger partial charge in [-0.3, -0.25) is 0 Å². The van der Waals surface area contributed by atoms with Crippen LogP contribution in [0.15, 0.2) is 58.6 Å². The molecule has 0 atom stereocenters. The molecule has 0 unspecified atom stereocenters. The van der Waals surface area contributed by atoms with E-state index < -0.39 is 5.97 Å². The number of hydrogen-bond donors (Lipinski definition) is 1. The number of carboxylic acids is 1. The predicted molar refractivity (Wildman–Crippen MR) is 106 cm³/mol. The van der Waals surface area contributed by atoms with Gasteiger partial charge < -0.3 is 10.0 Å². The standard InChI is InChI=1S/C21H22BrNO2/c22-19-10-11-20-18(14-19)13-17(21(24)25)9-5-2-6-12-23(20)15-16-7-3-1-4-8-16/h1,3-4,7-8,10-11,13-14H,2,5-6,9,12,15H2,(H,24,25). The van der Waals surface area contributed by atoms with Gasteiger partial charge in [0.1, 0.15) is 0 Å². The molecule has 0 saturated carbocycles. The van der Waals surface area contributed by atoms with Crippen LogP contribution >= 0.6 is 15.9 Å². The van der Waals surface area contributed by atoms with Gasteiger partial charge in [0.15, 0.2) is 0 Å². The molecule has 2 aromatic rings. The zero-order valence-electron chi connectivity index (χ0n) is 14.1. The summed E-state index contributed by atoms with van der Waals surface area (Å²) < 4.78 is 0.962. The molecule has 2 aromatic carbocycles. The number of rotatable bonds is 3. The SMILES string of the molecule is O=C(O)C1=Cc2cc(Br)ccc2N(Cc2ccccc2)CCCCC1. The molecule has 130 valence electrons. The first-order valence-electron chi connectivity index (χ1n) is 8.66. The first kappa shape index (κ1) is 17.7. The third-order valence-corrected chi connectivity index (χ3v) is 5.02. The van der Waals surface area contributed by atoms with E-state index in [9.17, 15) is 9.90 Å². The lowest BCUT2D eigenvalue weighted by Crippen LogP contribution is -2.25. The number of benzene rings is 2. The lowest BCUT2D eigenvalue weighted by Gasteiger charge is -2.28. The molecular formula is C21H22BrNO2. The van der Waals surface area contributed by atoms with E-state index in [1.807, 2.05) is 24.3 Å². The lowest BCUT2D eigenvalue weighted by atomic mass is 10.0. The fourth-order valence-electron chi connectivity index (χ4n) is 3.24. The minimum Gasteiger partial charge on any atom is -0.478 e. The highest BCUT2D eigenvalue weighted by atomic mass is 79.9. The minimum atomic E-state index is -0.818. The van der Waals surface area contributed by atoms with Crippen molar-refractivity contribution in [2.45, 2.75) is 32.2 Å². The van der Waals surface area contributed by atoms with E-state index in [0.29, 0.717) is 12.0 Å². The van der Waals surface area contributed by atoms with Crippen molar-refractivity contribution in [2.24, 2.45) is 0 Å². The summed E-state index contributed by atoms with van der Waals surface area (Å²) in [4.78, 5) is 14.0. The van der Waals surface area contributed by atoms with Crippen LogP contribution in [-0.4, -0.2) is 17.6 Å². The zero-order chi connectivity index (χ0) is 17.6. The van der Waals surface area contributed by atoms with Gasteiger partial charge in [-0.1, -0.05) is 52.7 Å². The molecule has 3 rings (SSSR count).